The Kier molecular flexibility index (Phi) is 4.19. The van der Waals surface area contributed by atoms with Crippen LogP contribution in [0.3, 0.4) is 0 Å². The second-order valence-corrected chi connectivity index (χ2v) is 5.60. The molecule has 2 aromatic rings. The van der Waals surface area contributed by atoms with Crippen molar-refractivity contribution in [3.8, 4) is 0 Å². The summed E-state index contributed by atoms with van der Waals surface area (Å²) in [4.78, 5) is 0. The number of rotatable bonds is 5. The van der Waals surface area contributed by atoms with Crippen LogP contribution in [0.5, 0.6) is 0 Å². The summed E-state index contributed by atoms with van der Waals surface area (Å²) in [5.74, 6) is 0. The molecule has 0 saturated heterocycles. The maximum Gasteiger partial charge on any atom is 0.0374 e. The van der Waals surface area contributed by atoms with Gasteiger partial charge in [-0.15, -0.1) is 11.3 Å². The first-order chi connectivity index (χ1) is 8.22. The zero-order valence-corrected chi connectivity index (χ0v) is 11.8. The van der Waals surface area contributed by atoms with Crippen molar-refractivity contribution in [2.45, 2.75) is 33.6 Å². The van der Waals surface area contributed by atoms with Crippen LogP contribution in [-0.2, 0) is 6.42 Å². The van der Waals surface area contributed by atoms with Gasteiger partial charge in [0.1, 0.15) is 0 Å². The van der Waals surface area contributed by atoms with Crippen molar-refractivity contribution in [3.63, 3.8) is 0 Å². The van der Waals surface area contributed by atoms with E-state index in [9.17, 15) is 0 Å². The highest BCUT2D eigenvalue weighted by Gasteiger charge is 2.06. The summed E-state index contributed by atoms with van der Waals surface area (Å²) < 4.78 is 1.46. The van der Waals surface area contributed by atoms with Crippen molar-refractivity contribution >= 4 is 21.4 Å². The van der Waals surface area contributed by atoms with Crippen LogP contribution >= 0.6 is 11.3 Å². The Morgan fingerprint density at radius 2 is 2.00 bits per heavy atom. The van der Waals surface area contributed by atoms with Crippen LogP contribution in [0.15, 0.2) is 17.5 Å². The first kappa shape index (κ1) is 12.6. The van der Waals surface area contributed by atoms with Gasteiger partial charge in [-0.2, -0.15) is 0 Å². The van der Waals surface area contributed by atoms with Gasteiger partial charge >= 0.3 is 0 Å². The van der Waals surface area contributed by atoms with Crippen LogP contribution in [0.25, 0.3) is 10.1 Å². The lowest BCUT2D eigenvalue weighted by Gasteiger charge is -2.04. The zero-order chi connectivity index (χ0) is 12.3. The molecule has 1 aromatic carbocycles. The van der Waals surface area contributed by atoms with E-state index in [1.54, 1.807) is 0 Å². The van der Waals surface area contributed by atoms with Crippen molar-refractivity contribution in [1.29, 1.82) is 0 Å². The minimum Gasteiger partial charge on any atom is -0.316 e. The topological polar surface area (TPSA) is 12.0 Å². The lowest BCUT2D eigenvalue weighted by molar-refractivity contribution is 0.673. The van der Waals surface area contributed by atoms with Gasteiger partial charge in [0.15, 0.2) is 0 Å². The summed E-state index contributed by atoms with van der Waals surface area (Å²) in [6.45, 7) is 8.82. The van der Waals surface area contributed by atoms with Crippen molar-refractivity contribution < 1.29 is 0 Å². The molecule has 1 nitrogen and oxygen atoms in total. The Morgan fingerprint density at radius 1 is 1.18 bits per heavy atom. The van der Waals surface area contributed by atoms with Crippen LogP contribution < -0.4 is 5.32 Å². The van der Waals surface area contributed by atoms with Crippen LogP contribution in [0.2, 0.25) is 0 Å². The fourth-order valence-electron chi connectivity index (χ4n) is 2.26. The van der Waals surface area contributed by atoms with E-state index in [0.717, 1.165) is 19.5 Å². The van der Waals surface area contributed by atoms with Crippen molar-refractivity contribution in [2.24, 2.45) is 0 Å². The molecule has 2 heteroatoms. The Bertz CT molecular complexity index is 499. The van der Waals surface area contributed by atoms with Gasteiger partial charge in [0.05, 0.1) is 0 Å². The standard InChI is InChI=1S/C15H21NS/c1-4-6-16-7-5-13-10-17-15-12(3)8-11(2)9-14(13)15/h8-10,16H,4-7H2,1-3H3. The van der Waals surface area contributed by atoms with Crippen molar-refractivity contribution in [1.82, 2.24) is 5.32 Å². The number of fused-ring (bicyclic) bond motifs is 1. The van der Waals surface area contributed by atoms with Crippen LogP contribution in [0.1, 0.15) is 30.0 Å². The maximum atomic E-state index is 3.47. The zero-order valence-electron chi connectivity index (χ0n) is 11.0. The number of thiophene rings is 1. The smallest absolute Gasteiger partial charge is 0.0374 e. The summed E-state index contributed by atoms with van der Waals surface area (Å²) in [5.41, 5.74) is 4.29. The molecule has 0 bridgehead atoms. The number of hydrogen-bond donors (Lipinski definition) is 1. The molecule has 1 N–H and O–H groups in total. The third kappa shape index (κ3) is 2.88. The molecule has 1 aromatic heterocycles. The highest BCUT2D eigenvalue weighted by Crippen LogP contribution is 2.30. The van der Waals surface area contributed by atoms with E-state index in [0.29, 0.717) is 0 Å². The minimum absolute atomic E-state index is 1.09. The summed E-state index contributed by atoms with van der Waals surface area (Å²) in [6.07, 6.45) is 2.35. The molecule has 17 heavy (non-hydrogen) atoms. The number of hydrogen-bond acceptors (Lipinski definition) is 2. The Balaban J connectivity index is 2.18. The molecule has 0 saturated carbocycles. The second-order valence-electron chi connectivity index (χ2n) is 4.72. The first-order valence-corrected chi connectivity index (χ1v) is 7.28. The SMILES string of the molecule is CCCNCCc1csc2c(C)cc(C)cc12. The van der Waals surface area contributed by atoms with E-state index in [1.165, 1.54) is 33.2 Å². The van der Waals surface area contributed by atoms with Gasteiger partial charge in [-0.25, -0.2) is 0 Å². The van der Waals surface area contributed by atoms with Crippen molar-refractivity contribution in [2.75, 3.05) is 13.1 Å². The molecule has 0 aliphatic carbocycles. The fraction of sp³-hybridized carbons (Fsp3) is 0.467. The third-order valence-electron chi connectivity index (χ3n) is 3.08. The predicted octanol–water partition coefficient (Wildman–Crippen LogP) is 4.06. The predicted molar refractivity (Wildman–Crippen MR) is 78.2 cm³/mol. The van der Waals surface area contributed by atoms with E-state index in [-0.39, 0.29) is 0 Å². The molecule has 0 aliphatic rings. The van der Waals surface area contributed by atoms with E-state index in [2.05, 4.69) is 43.6 Å². The largest absolute Gasteiger partial charge is 0.316 e. The first-order valence-electron chi connectivity index (χ1n) is 6.40. The number of nitrogens with one attached hydrogen (secondary N) is 1. The van der Waals surface area contributed by atoms with Gasteiger partial charge < -0.3 is 5.32 Å². The summed E-state index contributed by atoms with van der Waals surface area (Å²) in [7, 11) is 0. The third-order valence-corrected chi connectivity index (χ3v) is 4.26. The molecular formula is C15H21NS. The summed E-state index contributed by atoms with van der Waals surface area (Å²) in [5, 5.41) is 7.26. The fourth-order valence-corrected chi connectivity index (χ4v) is 3.33. The Labute approximate surface area is 108 Å². The number of aryl methyl sites for hydroxylation is 2. The Morgan fingerprint density at radius 3 is 2.76 bits per heavy atom. The minimum atomic E-state index is 1.09. The molecule has 92 valence electrons. The van der Waals surface area contributed by atoms with Gasteiger partial charge in [-0.1, -0.05) is 24.6 Å². The highest BCUT2D eigenvalue weighted by atomic mass is 32.1. The average molecular weight is 247 g/mol. The van der Waals surface area contributed by atoms with Crippen molar-refractivity contribution in [3.05, 3.63) is 34.2 Å². The Hall–Kier alpha value is -0.860. The molecule has 2 rings (SSSR count). The quantitative estimate of drug-likeness (QED) is 0.786. The van der Waals surface area contributed by atoms with Gasteiger partial charge in [0, 0.05) is 4.70 Å². The molecule has 0 aliphatic heterocycles. The molecule has 0 unspecified atom stereocenters. The second kappa shape index (κ2) is 5.65. The van der Waals surface area contributed by atoms with E-state index < -0.39 is 0 Å². The normalized spacial score (nSPS) is 11.2. The molecule has 1 heterocycles. The molecular weight excluding hydrogens is 226 g/mol. The molecule has 0 spiro atoms. The summed E-state index contributed by atoms with van der Waals surface area (Å²) >= 11 is 1.89. The highest BCUT2D eigenvalue weighted by molar-refractivity contribution is 7.17. The number of benzene rings is 1. The molecule has 0 radical (unpaired) electrons. The van der Waals surface area contributed by atoms with Gasteiger partial charge in [0.2, 0.25) is 0 Å². The maximum absolute atomic E-state index is 3.47. The van der Waals surface area contributed by atoms with Crippen LogP contribution in [-0.4, -0.2) is 13.1 Å². The lowest BCUT2D eigenvalue weighted by Crippen LogP contribution is -2.17. The molecule has 0 fully saturated rings. The summed E-state index contributed by atoms with van der Waals surface area (Å²) in [6, 6.07) is 4.60. The van der Waals surface area contributed by atoms with Crippen LogP contribution in [0.4, 0.5) is 0 Å². The van der Waals surface area contributed by atoms with E-state index in [1.807, 2.05) is 11.3 Å². The van der Waals surface area contributed by atoms with E-state index in [4.69, 9.17) is 0 Å². The molecule has 0 atom stereocenters. The van der Waals surface area contributed by atoms with Gasteiger partial charge in [-0.3, -0.25) is 0 Å². The lowest BCUT2D eigenvalue weighted by atomic mass is 10.0. The van der Waals surface area contributed by atoms with Crippen LogP contribution in [0, 0.1) is 13.8 Å². The van der Waals surface area contributed by atoms with Gasteiger partial charge in [0.25, 0.3) is 0 Å². The van der Waals surface area contributed by atoms with Gasteiger partial charge in [-0.05, 0) is 61.7 Å². The average Bonchev–Trinajstić information content (AvgIpc) is 2.68. The van der Waals surface area contributed by atoms with E-state index >= 15 is 0 Å². The monoisotopic (exact) mass is 247 g/mol. The molecule has 0 amide bonds.